The largest absolute Gasteiger partial charge is 0.507 e. The average Bonchev–Trinajstić information content (AvgIpc) is 3.19. The smallest absolute Gasteiger partial charge is 0.300 e. The number of hydrogen-bond acceptors (Lipinski definition) is 8. The Bertz CT molecular complexity index is 1400. The van der Waals surface area contributed by atoms with Gasteiger partial charge in [-0.3, -0.25) is 14.5 Å². The predicted octanol–water partition coefficient (Wildman–Crippen LogP) is 4.50. The molecule has 3 aromatic rings. The van der Waals surface area contributed by atoms with Crippen LogP contribution in [0.1, 0.15) is 24.1 Å². The van der Waals surface area contributed by atoms with E-state index in [-0.39, 0.29) is 22.6 Å². The normalized spacial score (nSPS) is 16.4. The maximum absolute atomic E-state index is 13.5. The number of phenols is 1. The first-order valence-electron chi connectivity index (χ1n) is 12.0. The monoisotopic (exact) mass is 518 g/mol. The molecular formula is C29H30N2O7. The molecule has 2 N–H and O–H groups in total. The number of amides is 1. The number of aliphatic hydroxyl groups excluding tert-OH is 1. The van der Waals surface area contributed by atoms with E-state index in [1.54, 1.807) is 43.3 Å². The van der Waals surface area contributed by atoms with Crippen molar-refractivity contribution < 1.29 is 34.0 Å². The Labute approximate surface area is 221 Å². The summed E-state index contributed by atoms with van der Waals surface area (Å²) in [6.45, 7) is 2.07. The number of hydrogen-bond donors (Lipinski definition) is 2. The Balaban J connectivity index is 1.98. The first-order valence-corrected chi connectivity index (χ1v) is 12.0. The minimum Gasteiger partial charge on any atom is -0.507 e. The number of carbonyl (C=O) groups excluding carboxylic acids is 2. The highest BCUT2D eigenvalue weighted by Crippen LogP contribution is 2.45. The van der Waals surface area contributed by atoms with Gasteiger partial charge in [0.15, 0.2) is 11.5 Å². The lowest BCUT2D eigenvalue weighted by Crippen LogP contribution is -2.29. The van der Waals surface area contributed by atoms with Crippen LogP contribution in [-0.4, -0.2) is 56.8 Å². The second kappa shape index (κ2) is 10.8. The van der Waals surface area contributed by atoms with E-state index in [4.69, 9.17) is 14.2 Å². The van der Waals surface area contributed by atoms with Gasteiger partial charge in [-0.05, 0) is 67.1 Å². The number of carbonyl (C=O) groups is 2. The lowest BCUT2D eigenvalue weighted by atomic mass is 9.94. The molecule has 9 heteroatoms. The first kappa shape index (κ1) is 26.4. The summed E-state index contributed by atoms with van der Waals surface area (Å²) in [6.07, 6.45) is 0. The molecule has 0 radical (unpaired) electrons. The van der Waals surface area contributed by atoms with Crippen LogP contribution >= 0.6 is 0 Å². The molecule has 1 aliphatic heterocycles. The Morgan fingerprint density at radius 3 is 2.26 bits per heavy atom. The summed E-state index contributed by atoms with van der Waals surface area (Å²) in [6, 6.07) is 15.5. The second-order valence-electron chi connectivity index (χ2n) is 8.81. The van der Waals surface area contributed by atoms with Gasteiger partial charge in [-0.25, -0.2) is 0 Å². The zero-order chi connectivity index (χ0) is 27.6. The van der Waals surface area contributed by atoms with Gasteiger partial charge in [0, 0.05) is 25.5 Å². The van der Waals surface area contributed by atoms with E-state index >= 15 is 0 Å². The molecule has 198 valence electrons. The van der Waals surface area contributed by atoms with Crippen molar-refractivity contribution in [1.82, 2.24) is 0 Å². The maximum Gasteiger partial charge on any atom is 0.300 e. The highest BCUT2D eigenvalue weighted by atomic mass is 16.5. The van der Waals surface area contributed by atoms with Crippen LogP contribution in [0.3, 0.4) is 0 Å². The van der Waals surface area contributed by atoms with Gasteiger partial charge < -0.3 is 29.3 Å². The molecular weight excluding hydrogens is 488 g/mol. The number of phenolic OH excluding ortho intramolecular Hbond substituents is 1. The molecule has 1 heterocycles. The van der Waals surface area contributed by atoms with E-state index < -0.39 is 23.5 Å². The number of ether oxygens (including phenoxy) is 3. The van der Waals surface area contributed by atoms with E-state index in [0.717, 1.165) is 5.69 Å². The van der Waals surface area contributed by atoms with Crippen molar-refractivity contribution in [3.63, 3.8) is 0 Å². The fourth-order valence-electron chi connectivity index (χ4n) is 4.44. The van der Waals surface area contributed by atoms with Gasteiger partial charge in [0.05, 0.1) is 38.0 Å². The Morgan fingerprint density at radius 2 is 1.66 bits per heavy atom. The lowest BCUT2D eigenvalue weighted by molar-refractivity contribution is -0.132. The van der Waals surface area contributed by atoms with Crippen LogP contribution in [0.25, 0.3) is 5.76 Å². The Hall–Kier alpha value is -4.66. The van der Waals surface area contributed by atoms with Crippen molar-refractivity contribution in [3.05, 3.63) is 77.4 Å². The third kappa shape index (κ3) is 4.70. The molecule has 1 amide bonds. The Kier molecular flexibility index (Phi) is 7.47. The standard InChI is InChI=1S/C29H30N2O7/c1-6-38-24-15-17(7-13-22(24)32)26-25(27(33)21-16-20(36-4)12-14-23(21)37-5)28(34)29(35)31(26)19-10-8-18(9-11-19)30(2)3/h7-16,26,32-33H,6H2,1-5H3/b27-25+. The average molecular weight is 519 g/mol. The maximum atomic E-state index is 13.5. The number of nitrogens with zero attached hydrogens (tertiary/aromatic N) is 2. The van der Waals surface area contributed by atoms with Crippen molar-refractivity contribution in [2.24, 2.45) is 0 Å². The number of Topliss-reactive ketones (excluding diaryl/α,β-unsaturated/α-hetero) is 1. The molecule has 4 rings (SSSR count). The third-order valence-electron chi connectivity index (χ3n) is 6.35. The number of methoxy groups -OCH3 is 2. The summed E-state index contributed by atoms with van der Waals surface area (Å²) in [5, 5.41) is 21.8. The fraction of sp³-hybridized carbons (Fsp3) is 0.241. The van der Waals surface area contributed by atoms with Crippen LogP contribution in [0.2, 0.25) is 0 Å². The number of rotatable bonds is 8. The highest BCUT2D eigenvalue weighted by Gasteiger charge is 2.47. The molecule has 1 aliphatic rings. The van der Waals surface area contributed by atoms with Crippen LogP contribution < -0.4 is 24.0 Å². The molecule has 9 nitrogen and oxygen atoms in total. The zero-order valence-corrected chi connectivity index (χ0v) is 21.9. The topological polar surface area (TPSA) is 109 Å². The third-order valence-corrected chi connectivity index (χ3v) is 6.35. The van der Waals surface area contributed by atoms with Crippen LogP contribution in [0.4, 0.5) is 11.4 Å². The van der Waals surface area contributed by atoms with Gasteiger partial charge in [0.1, 0.15) is 17.3 Å². The van der Waals surface area contributed by atoms with Gasteiger partial charge in [-0.2, -0.15) is 0 Å². The van der Waals surface area contributed by atoms with Gasteiger partial charge >= 0.3 is 0 Å². The summed E-state index contributed by atoms with van der Waals surface area (Å²) in [5.41, 5.74) is 1.90. The molecule has 1 unspecified atom stereocenters. The summed E-state index contributed by atoms with van der Waals surface area (Å²) in [7, 11) is 6.71. The zero-order valence-electron chi connectivity index (χ0n) is 21.9. The molecule has 0 saturated carbocycles. The fourth-order valence-corrected chi connectivity index (χ4v) is 4.44. The molecule has 38 heavy (non-hydrogen) atoms. The van der Waals surface area contributed by atoms with Gasteiger partial charge in [0.2, 0.25) is 0 Å². The summed E-state index contributed by atoms with van der Waals surface area (Å²) >= 11 is 0. The van der Waals surface area contributed by atoms with Crippen molar-refractivity contribution in [3.8, 4) is 23.0 Å². The van der Waals surface area contributed by atoms with Crippen molar-refractivity contribution >= 4 is 28.8 Å². The summed E-state index contributed by atoms with van der Waals surface area (Å²) in [5.74, 6) is -1.25. The van der Waals surface area contributed by atoms with Crippen LogP contribution in [0, 0.1) is 0 Å². The minimum absolute atomic E-state index is 0.0858. The van der Waals surface area contributed by atoms with Gasteiger partial charge in [0.25, 0.3) is 11.7 Å². The molecule has 0 aromatic heterocycles. The quantitative estimate of drug-likeness (QED) is 0.255. The number of benzene rings is 3. The number of ketones is 1. The van der Waals surface area contributed by atoms with Crippen LogP contribution in [0.5, 0.6) is 23.0 Å². The van der Waals surface area contributed by atoms with E-state index in [0.29, 0.717) is 29.4 Å². The SMILES string of the molecule is CCOc1cc(C2/C(=C(\O)c3cc(OC)ccc3OC)C(=O)C(=O)N2c2ccc(N(C)C)cc2)ccc1O. The molecule has 1 atom stereocenters. The number of aromatic hydroxyl groups is 1. The summed E-state index contributed by atoms with van der Waals surface area (Å²) in [4.78, 5) is 30.3. The van der Waals surface area contributed by atoms with Crippen LogP contribution in [0.15, 0.2) is 66.2 Å². The molecule has 0 spiro atoms. The first-order chi connectivity index (χ1) is 18.2. The number of anilines is 2. The van der Waals surface area contributed by atoms with E-state index in [9.17, 15) is 19.8 Å². The summed E-state index contributed by atoms with van der Waals surface area (Å²) < 4.78 is 16.3. The molecule has 0 bridgehead atoms. The predicted molar refractivity (Wildman–Crippen MR) is 144 cm³/mol. The lowest BCUT2D eigenvalue weighted by Gasteiger charge is -2.26. The second-order valence-corrected chi connectivity index (χ2v) is 8.81. The minimum atomic E-state index is -1.02. The van der Waals surface area contributed by atoms with Gasteiger partial charge in [-0.15, -0.1) is 0 Å². The van der Waals surface area contributed by atoms with E-state index in [1.165, 1.54) is 31.3 Å². The van der Waals surface area contributed by atoms with Gasteiger partial charge in [-0.1, -0.05) is 6.07 Å². The van der Waals surface area contributed by atoms with Crippen LogP contribution in [-0.2, 0) is 9.59 Å². The molecule has 1 saturated heterocycles. The van der Waals surface area contributed by atoms with Crippen molar-refractivity contribution in [1.29, 1.82) is 0 Å². The molecule has 0 aliphatic carbocycles. The van der Waals surface area contributed by atoms with E-state index in [1.807, 2.05) is 31.1 Å². The Morgan fingerprint density at radius 1 is 0.947 bits per heavy atom. The van der Waals surface area contributed by atoms with Crippen molar-refractivity contribution in [2.45, 2.75) is 13.0 Å². The molecule has 1 fully saturated rings. The molecule has 3 aromatic carbocycles. The highest BCUT2D eigenvalue weighted by molar-refractivity contribution is 6.51. The van der Waals surface area contributed by atoms with Crippen molar-refractivity contribution in [2.75, 3.05) is 44.7 Å². The van der Waals surface area contributed by atoms with E-state index in [2.05, 4.69) is 0 Å². The number of aliphatic hydroxyl groups is 1.